The minimum absolute atomic E-state index is 0.00202. The second kappa shape index (κ2) is 10.8. The normalized spacial score (nSPS) is 11.1. The molecule has 1 heterocycles. The maximum absolute atomic E-state index is 13.3. The Labute approximate surface area is 177 Å². The van der Waals surface area contributed by atoms with Crippen molar-refractivity contribution < 1.29 is 42.7 Å². The van der Waals surface area contributed by atoms with Crippen LogP contribution < -0.4 is 24.4 Å². The van der Waals surface area contributed by atoms with Crippen LogP contribution in [0.3, 0.4) is 0 Å². The lowest BCUT2D eigenvalue weighted by Crippen LogP contribution is -2.10. The Morgan fingerprint density at radius 3 is 2.06 bits per heavy atom. The maximum Gasteiger partial charge on any atom is 0.204 e. The molecule has 1 N–H and O–H groups in total. The Balaban J connectivity index is 2.22. The second-order valence-corrected chi connectivity index (χ2v) is 6.25. The van der Waals surface area contributed by atoms with Crippen LogP contribution in [0, 0.1) is 0 Å². The van der Waals surface area contributed by atoms with Crippen molar-refractivity contribution in [3.05, 3.63) is 34.5 Å². The molecule has 0 atom stereocenters. The zero-order valence-electron chi connectivity index (χ0n) is 17.5. The van der Waals surface area contributed by atoms with E-state index < -0.39 is 0 Å². The Morgan fingerprint density at radius 1 is 0.774 bits per heavy atom. The molecule has 0 saturated carbocycles. The summed E-state index contributed by atoms with van der Waals surface area (Å²) in [7, 11) is 4.45. The molecular weight excluding hydrogens is 412 g/mol. The van der Waals surface area contributed by atoms with E-state index in [9.17, 15) is 4.79 Å². The van der Waals surface area contributed by atoms with Gasteiger partial charge in [0.2, 0.25) is 5.43 Å². The van der Waals surface area contributed by atoms with Crippen LogP contribution in [0.5, 0.6) is 23.0 Å². The van der Waals surface area contributed by atoms with E-state index >= 15 is 0 Å². The molecule has 3 rings (SSSR count). The first-order valence-electron chi connectivity index (χ1n) is 9.30. The van der Waals surface area contributed by atoms with Gasteiger partial charge in [-0.2, -0.15) is 0 Å². The largest absolute Gasteiger partial charge is 0.490 e. The molecular formula is C21H24O10. The number of aliphatic hydroxyl groups is 1. The third-order valence-electron chi connectivity index (χ3n) is 4.13. The van der Waals surface area contributed by atoms with Gasteiger partial charge in [-0.25, -0.2) is 0 Å². The average Bonchev–Trinajstić information content (AvgIpc) is 2.78. The fraction of sp³-hybridized carbons (Fsp3) is 0.381. The van der Waals surface area contributed by atoms with Crippen LogP contribution in [0.2, 0.25) is 0 Å². The lowest BCUT2D eigenvalue weighted by atomic mass is 10.1. The van der Waals surface area contributed by atoms with E-state index in [1.54, 1.807) is 6.07 Å². The standard InChI is InChI=1S/C21H24O10/c1-24-10-28-13-6-18(27-5-4-22)20-19(7-13)31-15-9-17(30-12-26-3)16(29-11-25-2)8-14(15)21(20)23/h6-9,22H,4-5,10-12H2,1-3H3. The first-order valence-corrected chi connectivity index (χ1v) is 9.30. The molecule has 0 aliphatic carbocycles. The molecule has 0 bridgehead atoms. The molecule has 10 heteroatoms. The van der Waals surface area contributed by atoms with Crippen LogP contribution >= 0.6 is 0 Å². The van der Waals surface area contributed by atoms with E-state index in [0.717, 1.165) is 0 Å². The molecule has 0 radical (unpaired) electrons. The smallest absolute Gasteiger partial charge is 0.204 e. The maximum atomic E-state index is 13.3. The van der Waals surface area contributed by atoms with Crippen LogP contribution in [0.1, 0.15) is 0 Å². The van der Waals surface area contributed by atoms with Crippen molar-refractivity contribution in [2.75, 3.05) is 54.9 Å². The molecule has 3 aromatic rings. The molecule has 0 amide bonds. The predicted molar refractivity (Wildman–Crippen MR) is 110 cm³/mol. The van der Waals surface area contributed by atoms with Gasteiger partial charge in [-0.05, 0) is 6.07 Å². The van der Waals surface area contributed by atoms with Gasteiger partial charge >= 0.3 is 0 Å². The van der Waals surface area contributed by atoms with Crippen LogP contribution in [-0.4, -0.2) is 60.0 Å². The molecule has 168 valence electrons. The summed E-state index contributed by atoms with van der Waals surface area (Å²) in [5, 5.41) is 9.60. The van der Waals surface area contributed by atoms with Gasteiger partial charge in [-0.15, -0.1) is 0 Å². The van der Waals surface area contributed by atoms with Gasteiger partial charge in [-0.3, -0.25) is 4.79 Å². The highest BCUT2D eigenvalue weighted by Crippen LogP contribution is 2.36. The number of fused-ring (bicyclic) bond motifs is 2. The van der Waals surface area contributed by atoms with Gasteiger partial charge in [0.05, 0.1) is 12.0 Å². The van der Waals surface area contributed by atoms with Crippen LogP contribution in [-0.2, 0) is 14.2 Å². The zero-order chi connectivity index (χ0) is 22.2. The van der Waals surface area contributed by atoms with Crippen molar-refractivity contribution >= 4 is 21.9 Å². The van der Waals surface area contributed by atoms with Gasteiger partial charge in [0.25, 0.3) is 0 Å². The molecule has 2 aromatic carbocycles. The van der Waals surface area contributed by atoms with E-state index in [0.29, 0.717) is 11.5 Å². The first-order chi connectivity index (χ1) is 15.1. The van der Waals surface area contributed by atoms with E-state index in [-0.39, 0.29) is 72.5 Å². The molecule has 0 unspecified atom stereocenters. The van der Waals surface area contributed by atoms with Crippen molar-refractivity contribution in [2.45, 2.75) is 0 Å². The quantitative estimate of drug-likeness (QED) is 0.335. The van der Waals surface area contributed by atoms with E-state index in [1.807, 2.05) is 0 Å². The Kier molecular flexibility index (Phi) is 7.90. The van der Waals surface area contributed by atoms with Crippen LogP contribution in [0.15, 0.2) is 33.5 Å². The summed E-state index contributed by atoms with van der Waals surface area (Å²) in [5.41, 5.74) is 0.163. The summed E-state index contributed by atoms with van der Waals surface area (Å²) in [5.74, 6) is 1.20. The monoisotopic (exact) mass is 436 g/mol. The molecule has 0 saturated heterocycles. The Hall–Kier alpha value is -3.05. The fourth-order valence-corrected chi connectivity index (χ4v) is 2.88. The summed E-state index contributed by atoms with van der Waals surface area (Å²) in [4.78, 5) is 13.3. The summed E-state index contributed by atoms with van der Waals surface area (Å²) < 4.78 is 42.9. The Bertz CT molecular complexity index is 1080. The highest BCUT2D eigenvalue weighted by Gasteiger charge is 2.18. The van der Waals surface area contributed by atoms with Gasteiger partial charge < -0.3 is 42.7 Å². The highest BCUT2D eigenvalue weighted by molar-refractivity contribution is 5.95. The molecule has 0 aliphatic rings. The van der Waals surface area contributed by atoms with E-state index in [1.165, 1.54) is 39.5 Å². The van der Waals surface area contributed by atoms with Crippen LogP contribution in [0.25, 0.3) is 21.9 Å². The first kappa shape index (κ1) is 22.6. The molecule has 0 spiro atoms. The van der Waals surface area contributed by atoms with Gasteiger partial charge in [0.15, 0.2) is 31.9 Å². The van der Waals surface area contributed by atoms with Crippen molar-refractivity contribution in [3.63, 3.8) is 0 Å². The highest BCUT2D eigenvalue weighted by atomic mass is 16.7. The fourth-order valence-electron chi connectivity index (χ4n) is 2.88. The number of benzene rings is 2. The lowest BCUT2D eigenvalue weighted by molar-refractivity contribution is 0.0324. The topological polar surface area (TPSA) is 115 Å². The summed E-state index contributed by atoms with van der Waals surface area (Å²) in [6.45, 7) is -0.303. The summed E-state index contributed by atoms with van der Waals surface area (Å²) in [6.07, 6.45) is 0. The van der Waals surface area contributed by atoms with Crippen molar-refractivity contribution in [1.82, 2.24) is 0 Å². The van der Waals surface area contributed by atoms with E-state index in [4.69, 9.17) is 42.7 Å². The lowest BCUT2D eigenvalue weighted by Gasteiger charge is -2.14. The van der Waals surface area contributed by atoms with Gasteiger partial charge in [-0.1, -0.05) is 0 Å². The number of ether oxygens (including phenoxy) is 7. The molecule has 1 aromatic heterocycles. The molecule has 0 fully saturated rings. The average molecular weight is 436 g/mol. The number of aliphatic hydroxyl groups excluding tert-OH is 1. The second-order valence-electron chi connectivity index (χ2n) is 6.25. The number of hydrogen-bond donors (Lipinski definition) is 1. The van der Waals surface area contributed by atoms with Crippen molar-refractivity contribution in [2.24, 2.45) is 0 Å². The molecule has 31 heavy (non-hydrogen) atoms. The SMILES string of the molecule is COCOc1cc(OCCO)c2c(=O)c3cc(OCOC)c(OCOC)cc3oc2c1. The zero-order valence-corrected chi connectivity index (χ0v) is 17.5. The van der Waals surface area contributed by atoms with E-state index in [2.05, 4.69) is 0 Å². The minimum atomic E-state index is -0.344. The molecule has 0 aliphatic heterocycles. The number of rotatable bonds is 12. The van der Waals surface area contributed by atoms with Gasteiger partial charge in [0.1, 0.15) is 34.7 Å². The third kappa shape index (κ3) is 5.17. The van der Waals surface area contributed by atoms with Crippen LogP contribution in [0.4, 0.5) is 0 Å². The van der Waals surface area contributed by atoms with Gasteiger partial charge in [0, 0.05) is 39.5 Å². The Morgan fingerprint density at radius 2 is 1.42 bits per heavy atom. The predicted octanol–water partition coefficient (Wildman–Crippen LogP) is 2.27. The number of hydrogen-bond acceptors (Lipinski definition) is 10. The third-order valence-corrected chi connectivity index (χ3v) is 4.13. The minimum Gasteiger partial charge on any atom is -0.490 e. The summed E-state index contributed by atoms with van der Waals surface area (Å²) >= 11 is 0. The number of methoxy groups -OCH3 is 3. The van der Waals surface area contributed by atoms with Crippen molar-refractivity contribution in [3.8, 4) is 23.0 Å². The van der Waals surface area contributed by atoms with Crippen molar-refractivity contribution in [1.29, 1.82) is 0 Å². The molecule has 10 nitrogen and oxygen atoms in total. The summed E-state index contributed by atoms with van der Waals surface area (Å²) in [6, 6.07) is 6.15.